The minimum absolute atomic E-state index is 0.120. The number of rotatable bonds is 5. The number of carbonyl (C=O) groups excluding carboxylic acids is 3. The number of para-hydroxylation sites is 1. The Labute approximate surface area is 123 Å². The first-order chi connectivity index (χ1) is 10.0. The molecule has 1 aromatic rings. The van der Waals surface area contributed by atoms with Crippen molar-refractivity contribution in [3.05, 3.63) is 29.3 Å². The van der Waals surface area contributed by atoms with Crippen LogP contribution in [0.4, 0.5) is 5.69 Å². The van der Waals surface area contributed by atoms with Crippen molar-refractivity contribution in [3.8, 4) is 0 Å². The third kappa shape index (κ3) is 2.55. The molecule has 1 amide bonds. The van der Waals surface area contributed by atoms with Crippen LogP contribution in [0.25, 0.3) is 0 Å². The molecule has 1 heterocycles. The Morgan fingerprint density at radius 2 is 2.00 bits per heavy atom. The van der Waals surface area contributed by atoms with Gasteiger partial charge in [-0.1, -0.05) is 19.1 Å². The van der Waals surface area contributed by atoms with Crippen molar-refractivity contribution >= 4 is 23.3 Å². The molecule has 0 saturated heterocycles. The van der Waals surface area contributed by atoms with Gasteiger partial charge in [0.05, 0.1) is 12.3 Å². The Hall–Kier alpha value is -2.17. The molecule has 0 aliphatic carbocycles. The quantitative estimate of drug-likeness (QED) is 0.474. The van der Waals surface area contributed by atoms with E-state index in [4.69, 9.17) is 4.74 Å². The number of benzene rings is 1. The molecule has 0 spiro atoms. The number of Topliss-reactive ketones (excluding diaryl/α,β-unsaturated/α-hetero) is 1. The number of nitrogens with zero attached hydrogens (tertiary/aromatic N) is 1. The molecule has 0 N–H and O–H groups in total. The lowest BCUT2D eigenvalue weighted by atomic mass is 9.97. The van der Waals surface area contributed by atoms with Crippen molar-refractivity contribution in [2.24, 2.45) is 0 Å². The zero-order valence-electron chi connectivity index (χ0n) is 12.5. The summed E-state index contributed by atoms with van der Waals surface area (Å²) in [5.74, 6) is -1.93. The van der Waals surface area contributed by atoms with Crippen LogP contribution in [-0.4, -0.2) is 30.8 Å². The lowest BCUT2D eigenvalue weighted by molar-refractivity contribution is -0.147. The fraction of sp³-hybridized carbons (Fsp3) is 0.438. The summed E-state index contributed by atoms with van der Waals surface area (Å²) in [5.41, 5.74) is 1.61. The number of hydrogen-bond donors (Lipinski definition) is 0. The van der Waals surface area contributed by atoms with Gasteiger partial charge in [0.15, 0.2) is 11.7 Å². The van der Waals surface area contributed by atoms with Crippen LogP contribution < -0.4 is 4.90 Å². The average Bonchev–Trinajstić information content (AvgIpc) is 2.72. The molecule has 2 rings (SSSR count). The van der Waals surface area contributed by atoms with E-state index in [9.17, 15) is 14.4 Å². The van der Waals surface area contributed by atoms with Gasteiger partial charge in [-0.2, -0.15) is 0 Å². The summed E-state index contributed by atoms with van der Waals surface area (Å²) in [6, 6.07) is 5.10. The van der Waals surface area contributed by atoms with Crippen molar-refractivity contribution in [1.29, 1.82) is 0 Å². The smallest absolute Gasteiger partial charge is 0.323 e. The van der Waals surface area contributed by atoms with E-state index in [0.29, 0.717) is 23.4 Å². The summed E-state index contributed by atoms with van der Waals surface area (Å²) in [5, 5.41) is 0. The van der Waals surface area contributed by atoms with E-state index in [1.807, 2.05) is 6.92 Å². The Morgan fingerprint density at radius 3 is 2.57 bits per heavy atom. The van der Waals surface area contributed by atoms with E-state index in [1.54, 1.807) is 25.1 Å². The first kappa shape index (κ1) is 15.2. The number of ketones is 1. The van der Waals surface area contributed by atoms with Crippen LogP contribution >= 0.6 is 0 Å². The van der Waals surface area contributed by atoms with Gasteiger partial charge in [-0.25, -0.2) is 0 Å². The van der Waals surface area contributed by atoms with E-state index < -0.39 is 11.9 Å². The van der Waals surface area contributed by atoms with Gasteiger partial charge in [0.1, 0.15) is 0 Å². The molecule has 1 unspecified atom stereocenters. The fourth-order valence-corrected chi connectivity index (χ4v) is 2.68. The molecule has 1 aliphatic rings. The molecule has 1 aliphatic heterocycles. The standard InChI is InChI=1S/C16H19NO4/c1-4-9-17-14-11(10(3)18)7-6-8-12(14)13(15(17)19)16(20)21-5-2/h6-8,13H,4-5,9H2,1-3H3. The summed E-state index contributed by atoms with van der Waals surface area (Å²) in [6.45, 7) is 5.81. The maximum atomic E-state index is 12.6. The second kappa shape index (κ2) is 6.08. The molecule has 0 bridgehead atoms. The topological polar surface area (TPSA) is 63.7 Å². The van der Waals surface area contributed by atoms with Gasteiger partial charge >= 0.3 is 5.97 Å². The zero-order chi connectivity index (χ0) is 15.6. The maximum absolute atomic E-state index is 12.6. The SMILES string of the molecule is CCCN1C(=O)C(C(=O)OCC)c2cccc(C(C)=O)c21. The summed E-state index contributed by atoms with van der Waals surface area (Å²) < 4.78 is 5.01. The van der Waals surface area contributed by atoms with Gasteiger partial charge in [-0.05, 0) is 26.3 Å². The number of carbonyl (C=O) groups is 3. The second-order valence-corrected chi connectivity index (χ2v) is 4.97. The number of ether oxygens (including phenoxy) is 1. The highest BCUT2D eigenvalue weighted by Crippen LogP contribution is 2.40. The van der Waals surface area contributed by atoms with Gasteiger partial charge < -0.3 is 9.64 Å². The zero-order valence-corrected chi connectivity index (χ0v) is 12.5. The molecule has 5 heteroatoms. The van der Waals surface area contributed by atoms with E-state index in [1.165, 1.54) is 11.8 Å². The van der Waals surface area contributed by atoms with Crippen LogP contribution in [0.5, 0.6) is 0 Å². The number of amides is 1. The molecule has 0 fully saturated rings. The minimum Gasteiger partial charge on any atom is -0.465 e. The Bertz CT molecular complexity index is 594. The normalized spacial score (nSPS) is 16.8. The monoisotopic (exact) mass is 289 g/mol. The molecule has 21 heavy (non-hydrogen) atoms. The predicted molar refractivity (Wildman–Crippen MR) is 78.5 cm³/mol. The lowest BCUT2D eigenvalue weighted by Gasteiger charge is -2.18. The molecule has 5 nitrogen and oxygen atoms in total. The molecule has 0 radical (unpaired) electrons. The number of esters is 1. The van der Waals surface area contributed by atoms with Crippen LogP contribution in [0, 0.1) is 0 Å². The van der Waals surface area contributed by atoms with Gasteiger partial charge in [0.2, 0.25) is 5.91 Å². The molecule has 1 aromatic carbocycles. The summed E-state index contributed by atoms with van der Waals surface area (Å²) >= 11 is 0. The molecule has 112 valence electrons. The summed E-state index contributed by atoms with van der Waals surface area (Å²) in [6.07, 6.45) is 0.743. The Morgan fingerprint density at radius 1 is 1.29 bits per heavy atom. The molecule has 0 aromatic heterocycles. The molecule has 1 atom stereocenters. The summed E-state index contributed by atoms with van der Waals surface area (Å²) in [7, 11) is 0. The average molecular weight is 289 g/mol. The van der Waals surface area contributed by atoms with Crippen molar-refractivity contribution in [2.45, 2.75) is 33.1 Å². The van der Waals surface area contributed by atoms with Crippen LogP contribution in [0.1, 0.15) is 49.0 Å². The van der Waals surface area contributed by atoms with Crippen molar-refractivity contribution < 1.29 is 19.1 Å². The van der Waals surface area contributed by atoms with Gasteiger partial charge in [0.25, 0.3) is 0 Å². The van der Waals surface area contributed by atoms with Gasteiger partial charge in [-0.3, -0.25) is 14.4 Å². The second-order valence-electron chi connectivity index (χ2n) is 4.97. The largest absolute Gasteiger partial charge is 0.465 e. The van der Waals surface area contributed by atoms with Crippen LogP contribution in [0.2, 0.25) is 0 Å². The molecule has 0 saturated carbocycles. The van der Waals surface area contributed by atoms with Crippen LogP contribution in [0.3, 0.4) is 0 Å². The maximum Gasteiger partial charge on any atom is 0.323 e. The Kier molecular flexibility index (Phi) is 4.40. The third-order valence-corrected chi connectivity index (χ3v) is 3.51. The van der Waals surface area contributed by atoms with E-state index >= 15 is 0 Å². The minimum atomic E-state index is -0.953. The van der Waals surface area contributed by atoms with Crippen molar-refractivity contribution in [1.82, 2.24) is 0 Å². The highest BCUT2D eigenvalue weighted by atomic mass is 16.5. The molecular weight excluding hydrogens is 270 g/mol. The first-order valence-corrected chi connectivity index (χ1v) is 7.14. The number of anilines is 1. The van der Waals surface area contributed by atoms with Crippen molar-refractivity contribution in [3.63, 3.8) is 0 Å². The van der Waals surface area contributed by atoms with E-state index in [-0.39, 0.29) is 18.3 Å². The highest BCUT2D eigenvalue weighted by Gasteiger charge is 2.43. The van der Waals surface area contributed by atoms with Crippen LogP contribution in [-0.2, 0) is 14.3 Å². The summed E-state index contributed by atoms with van der Waals surface area (Å²) in [4.78, 5) is 38.0. The van der Waals surface area contributed by atoms with Gasteiger partial charge in [-0.15, -0.1) is 0 Å². The van der Waals surface area contributed by atoms with E-state index in [2.05, 4.69) is 0 Å². The van der Waals surface area contributed by atoms with Gasteiger partial charge in [0, 0.05) is 17.7 Å². The predicted octanol–water partition coefficient (Wildman–Crippen LogP) is 2.29. The fourth-order valence-electron chi connectivity index (χ4n) is 2.68. The number of hydrogen-bond acceptors (Lipinski definition) is 4. The first-order valence-electron chi connectivity index (χ1n) is 7.14. The van der Waals surface area contributed by atoms with Crippen LogP contribution in [0.15, 0.2) is 18.2 Å². The van der Waals surface area contributed by atoms with E-state index in [0.717, 1.165) is 6.42 Å². The molecular formula is C16H19NO4. The third-order valence-electron chi connectivity index (χ3n) is 3.51. The number of fused-ring (bicyclic) bond motifs is 1. The Balaban J connectivity index is 2.57. The highest BCUT2D eigenvalue weighted by molar-refractivity contribution is 6.19. The lowest BCUT2D eigenvalue weighted by Crippen LogP contribution is -2.33. The van der Waals surface area contributed by atoms with Crippen molar-refractivity contribution in [2.75, 3.05) is 18.1 Å².